The third-order valence-electron chi connectivity index (χ3n) is 3.24. The van der Waals surface area contributed by atoms with Crippen LogP contribution in [-0.4, -0.2) is 48.4 Å². The van der Waals surface area contributed by atoms with Gasteiger partial charge in [0.15, 0.2) is 0 Å². The summed E-state index contributed by atoms with van der Waals surface area (Å²) in [6.07, 6.45) is 8.72. The van der Waals surface area contributed by atoms with E-state index < -0.39 is 0 Å². The van der Waals surface area contributed by atoms with Crippen molar-refractivity contribution in [2.45, 2.75) is 31.7 Å². The number of amides is 1. The van der Waals surface area contributed by atoms with Gasteiger partial charge in [-0.15, -0.1) is 0 Å². The van der Waals surface area contributed by atoms with Crippen LogP contribution in [0.3, 0.4) is 0 Å². The molecule has 0 aromatic rings. The standard InChI is InChI=1S/C12H20N2O/c1-13(11-6-7-11)8-4-5-12(15)14-9-2-3-10-14/h4-5,11H,2-3,6-10H2,1H3/b5-4+. The minimum Gasteiger partial charge on any atom is -0.339 e. The van der Waals surface area contributed by atoms with Crippen LogP contribution in [-0.2, 0) is 4.79 Å². The molecular formula is C12H20N2O. The van der Waals surface area contributed by atoms with Gasteiger partial charge in [-0.05, 0) is 32.7 Å². The summed E-state index contributed by atoms with van der Waals surface area (Å²) in [6.45, 7) is 2.80. The molecule has 0 radical (unpaired) electrons. The highest BCUT2D eigenvalue weighted by Gasteiger charge is 2.25. The van der Waals surface area contributed by atoms with E-state index in [1.54, 1.807) is 6.08 Å². The maximum absolute atomic E-state index is 11.6. The molecule has 1 amide bonds. The lowest BCUT2D eigenvalue weighted by atomic mass is 10.4. The molecule has 84 valence electrons. The summed E-state index contributed by atoms with van der Waals surface area (Å²) in [7, 11) is 2.13. The van der Waals surface area contributed by atoms with Crippen molar-refractivity contribution in [1.82, 2.24) is 9.80 Å². The fourth-order valence-electron chi connectivity index (χ4n) is 2.03. The van der Waals surface area contributed by atoms with Crippen LogP contribution in [0.2, 0.25) is 0 Å². The Kier molecular flexibility index (Phi) is 3.41. The van der Waals surface area contributed by atoms with Gasteiger partial charge in [-0.2, -0.15) is 0 Å². The molecule has 1 saturated carbocycles. The number of rotatable bonds is 4. The van der Waals surface area contributed by atoms with Crippen LogP contribution in [0.4, 0.5) is 0 Å². The van der Waals surface area contributed by atoms with Crippen molar-refractivity contribution < 1.29 is 4.79 Å². The fourth-order valence-corrected chi connectivity index (χ4v) is 2.03. The quantitative estimate of drug-likeness (QED) is 0.649. The second kappa shape index (κ2) is 4.79. The Balaban J connectivity index is 1.70. The van der Waals surface area contributed by atoms with Crippen molar-refractivity contribution in [2.75, 3.05) is 26.7 Å². The number of hydrogen-bond acceptors (Lipinski definition) is 2. The van der Waals surface area contributed by atoms with Gasteiger partial charge in [0.1, 0.15) is 0 Å². The van der Waals surface area contributed by atoms with E-state index in [1.165, 1.54) is 25.7 Å². The van der Waals surface area contributed by atoms with Crippen LogP contribution in [0.25, 0.3) is 0 Å². The summed E-state index contributed by atoms with van der Waals surface area (Å²) >= 11 is 0. The predicted octanol–water partition coefficient (Wildman–Crippen LogP) is 1.26. The largest absolute Gasteiger partial charge is 0.339 e. The highest BCUT2D eigenvalue weighted by molar-refractivity contribution is 5.87. The Labute approximate surface area is 91.7 Å². The Bertz CT molecular complexity index is 252. The molecular weight excluding hydrogens is 188 g/mol. The van der Waals surface area contributed by atoms with Crippen LogP contribution in [0, 0.1) is 0 Å². The second-order valence-corrected chi connectivity index (χ2v) is 4.61. The van der Waals surface area contributed by atoms with Crippen molar-refractivity contribution in [3.63, 3.8) is 0 Å². The highest BCUT2D eigenvalue weighted by Crippen LogP contribution is 2.24. The predicted molar refractivity (Wildman–Crippen MR) is 60.6 cm³/mol. The van der Waals surface area contributed by atoms with E-state index in [0.717, 1.165) is 25.7 Å². The van der Waals surface area contributed by atoms with Gasteiger partial charge in [-0.3, -0.25) is 9.69 Å². The first-order chi connectivity index (χ1) is 7.27. The maximum atomic E-state index is 11.6. The Morgan fingerprint density at radius 1 is 1.40 bits per heavy atom. The fraction of sp³-hybridized carbons (Fsp3) is 0.750. The van der Waals surface area contributed by atoms with Gasteiger partial charge in [0.25, 0.3) is 0 Å². The first-order valence-electron chi connectivity index (χ1n) is 5.93. The smallest absolute Gasteiger partial charge is 0.246 e. The zero-order chi connectivity index (χ0) is 10.7. The molecule has 0 spiro atoms. The number of carbonyl (C=O) groups is 1. The molecule has 0 aromatic heterocycles. The van der Waals surface area contributed by atoms with E-state index in [2.05, 4.69) is 11.9 Å². The number of nitrogens with zero attached hydrogens (tertiary/aromatic N) is 2. The third-order valence-corrected chi connectivity index (χ3v) is 3.24. The molecule has 1 aliphatic carbocycles. The van der Waals surface area contributed by atoms with E-state index in [9.17, 15) is 4.79 Å². The van der Waals surface area contributed by atoms with Gasteiger partial charge in [0.05, 0.1) is 0 Å². The zero-order valence-corrected chi connectivity index (χ0v) is 9.48. The van der Waals surface area contributed by atoms with E-state index in [0.29, 0.717) is 0 Å². The van der Waals surface area contributed by atoms with Crippen LogP contribution in [0.5, 0.6) is 0 Å². The molecule has 0 bridgehead atoms. The average molecular weight is 208 g/mol. The molecule has 1 saturated heterocycles. The average Bonchev–Trinajstić information content (AvgIpc) is 2.93. The molecule has 0 unspecified atom stereocenters. The lowest BCUT2D eigenvalue weighted by Gasteiger charge is -2.14. The van der Waals surface area contributed by atoms with Crippen LogP contribution < -0.4 is 0 Å². The molecule has 2 aliphatic rings. The van der Waals surface area contributed by atoms with E-state index in [4.69, 9.17) is 0 Å². The normalized spacial score (nSPS) is 21.9. The lowest BCUT2D eigenvalue weighted by molar-refractivity contribution is -0.125. The molecule has 0 aromatic carbocycles. The monoisotopic (exact) mass is 208 g/mol. The number of hydrogen-bond donors (Lipinski definition) is 0. The second-order valence-electron chi connectivity index (χ2n) is 4.61. The van der Waals surface area contributed by atoms with E-state index in [1.807, 2.05) is 11.0 Å². The minimum atomic E-state index is 0.191. The van der Waals surface area contributed by atoms with Crippen molar-refractivity contribution in [2.24, 2.45) is 0 Å². The molecule has 3 heteroatoms. The summed E-state index contributed by atoms with van der Waals surface area (Å²) in [5.74, 6) is 0.191. The number of carbonyl (C=O) groups excluding carboxylic acids is 1. The molecule has 15 heavy (non-hydrogen) atoms. The number of likely N-dealkylation sites (N-methyl/N-ethyl adjacent to an activating group) is 1. The van der Waals surface area contributed by atoms with Gasteiger partial charge in [0, 0.05) is 31.8 Å². The molecule has 0 N–H and O–H groups in total. The summed E-state index contributed by atoms with van der Waals surface area (Å²) < 4.78 is 0. The maximum Gasteiger partial charge on any atom is 0.246 e. The Morgan fingerprint density at radius 2 is 2.07 bits per heavy atom. The van der Waals surface area contributed by atoms with Crippen molar-refractivity contribution in [3.05, 3.63) is 12.2 Å². The summed E-state index contributed by atoms with van der Waals surface area (Å²) in [4.78, 5) is 15.9. The van der Waals surface area contributed by atoms with E-state index in [-0.39, 0.29) is 5.91 Å². The van der Waals surface area contributed by atoms with Crippen LogP contribution in [0.15, 0.2) is 12.2 Å². The van der Waals surface area contributed by atoms with Crippen molar-refractivity contribution in [3.8, 4) is 0 Å². The SMILES string of the molecule is CN(C/C=C/C(=O)N1CCCC1)C1CC1. The first kappa shape index (κ1) is 10.7. The third kappa shape index (κ3) is 3.06. The molecule has 0 atom stereocenters. The van der Waals surface area contributed by atoms with Gasteiger partial charge in [-0.25, -0.2) is 0 Å². The van der Waals surface area contributed by atoms with E-state index >= 15 is 0 Å². The van der Waals surface area contributed by atoms with Crippen LogP contribution in [0.1, 0.15) is 25.7 Å². The summed E-state index contributed by atoms with van der Waals surface area (Å²) in [5, 5.41) is 0. The topological polar surface area (TPSA) is 23.6 Å². The molecule has 2 rings (SSSR count). The zero-order valence-electron chi connectivity index (χ0n) is 9.48. The summed E-state index contributed by atoms with van der Waals surface area (Å²) in [5.41, 5.74) is 0. The minimum absolute atomic E-state index is 0.191. The molecule has 1 aliphatic heterocycles. The van der Waals surface area contributed by atoms with Gasteiger partial charge >= 0.3 is 0 Å². The Morgan fingerprint density at radius 3 is 2.67 bits per heavy atom. The number of likely N-dealkylation sites (tertiary alicyclic amines) is 1. The highest BCUT2D eigenvalue weighted by atomic mass is 16.2. The molecule has 2 fully saturated rings. The van der Waals surface area contributed by atoms with Crippen LogP contribution >= 0.6 is 0 Å². The first-order valence-corrected chi connectivity index (χ1v) is 5.93. The van der Waals surface area contributed by atoms with Crippen molar-refractivity contribution in [1.29, 1.82) is 0 Å². The molecule has 1 heterocycles. The molecule has 3 nitrogen and oxygen atoms in total. The lowest BCUT2D eigenvalue weighted by Crippen LogP contribution is -2.26. The van der Waals surface area contributed by atoms with Gasteiger partial charge in [-0.1, -0.05) is 6.08 Å². The Hall–Kier alpha value is -0.830. The van der Waals surface area contributed by atoms with Gasteiger partial charge in [0.2, 0.25) is 5.91 Å². The van der Waals surface area contributed by atoms with Crippen molar-refractivity contribution >= 4 is 5.91 Å². The summed E-state index contributed by atoms with van der Waals surface area (Å²) in [6, 6.07) is 0.775. The van der Waals surface area contributed by atoms with Gasteiger partial charge < -0.3 is 4.90 Å².